The van der Waals surface area contributed by atoms with E-state index in [0.29, 0.717) is 5.56 Å². The van der Waals surface area contributed by atoms with Gasteiger partial charge in [0.2, 0.25) is 0 Å². The first-order valence-corrected chi connectivity index (χ1v) is 5.90. The van der Waals surface area contributed by atoms with E-state index in [9.17, 15) is 9.90 Å². The summed E-state index contributed by atoms with van der Waals surface area (Å²) in [5.41, 5.74) is 0.315. The van der Waals surface area contributed by atoms with Crippen molar-refractivity contribution in [1.29, 1.82) is 0 Å². The lowest BCUT2D eigenvalue weighted by Gasteiger charge is -2.12. The van der Waals surface area contributed by atoms with Crippen molar-refractivity contribution in [3.05, 3.63) is 40.4 Å². The molecule has 0 radical (unpaired) electrons. The highest BCUT2D eigenvalue weighted by Crippen LogP contribution is 2.22. The number of halogens is 1. The number of benzene rings is 1. The van der Waals surface area contributed by atoms with Crippen molar-refractivity contribution in [2.75, 3.05) is 0 Å². The van der Waals surface area contributed by atoms with Gasteiger partial charge < -0.3 is 10.4 Å². The lowest BCUT2D eigenvalue weighted by atomic mass is 10.1. The SMILES string of the molecule is O=C(NC1CC=CC1)c1ccc(Br)cc1O. The Kier molecular flexibility index (Phi) is 3.29. The monoisotopic (exact) mass is 281 g/mol. The Hall–Kier alpha value is -1.29. The normalized spacial score (nSPS) is 15.3. The average Bonchev–Trinajstić information content (AvgIpc) is 2.70. The number of hydrogen-bond acceptors (Lipinski definition) is 2. The van der Waals surface area contributed by atoms with Gasteiger partial charge in [-0.15, -0.1) is 0 Å². The summed E-state index contributed by atoms with van der Waals surface area (Å²) in [6, 6.07) is 5.02. The fourth-order valence-electron chi connectivity index (χ4n) is 1.70. The molecule has 2 rings (SSSR count). The van der Waals surface area contributed by atoms with Crippen LogP contribution in [0, 0.1) is 0 Å². The fourth-order valence-corrected chi connectivity index (χ4v) is 2.04. The highest BCUT2D eigenvalue weighted by atomic mass is 79.9. The van der Waals surface area contributed by atoms with Crippen LogP contribution in [0.4, 0.5) is 0 Å². The van der Waals surface area contributed by atoms with Crippen LogP contribution in [0.1, 0.15) is 23.2 Å². The minimum atomic E-state index is -0.223. The molecule has 2 N–H and O–H groups in total. The second kappa shape index (κ2) is 4.70. The van der Waals surface area contributed by atoms with Crippen molar-refractivity contribution in [1.82, 2.24) is 5.32 Å². The molecule has 84 valence electrons. The average molecular weight is 282 g/mol. The molecular formula is C12H12BrNO2. The van der Waals surface area contributed by atoms with Gasteiger partial charge in [-0.1, -0.05) is 28.1 Å². The summed E-state index contributed by atoms with van der Waals surface area (Å²) in [5, 5.41) is 12.5. The third-order valence-corrected chi connectivity index (χ3v) is 3.04. The fraction of sp³-hybridized carbons (Fsp3) is 0.250. The Bertz CT molecular complexity index is 435. The second-order valence-electron chi connectivity index (χ2n) is 3.77. The van der Waals surface area contributed by atoms with Crippen molar-refractivity contribution in [2.24, 2.45) is 0 Å². The van der Waals surface area contributed by atoms with Crippen LogP contribution in [0.3, 0.4) is 0 Å². The maximum absolute atomic E-state index is 11.8. The molecule has 4 heteroatoms. The van der Waals surface area contributed by atoms with Crippen molar-refractivity contribution in [3.63, 3.8) is 0 Å². The molecule has 0 saturated carbocycles. The molecule has 0 heterocycles. The number of nitrogens with one attached hydrogen (secondary N) is 1. The summed E-state index contributed by atoms with van der Waals surface area (Å²) in [6.07, 6.45) is 5.82. The topological polar surface area (TPSA) is 49.3 Å². The Labute approximate surface area is 102 Å². The number of amides is 1. The summed E-state index contributed by atoms with van der Waals surface area (Å²) >= 11 is 3.23. The minimum Gasteiger partial charge on any atom is -0.507 e. The molecule has 0 aromatic heterocycles. The first kappa shape index (κ1) is 11.2. The van der Waals surface area contributed by atoms with Gasteiger partial charge in [-0.25, -0.2) is 0 Å². The van der Waals surface area contributed by atoms with E-state index in [0.717, 1.165) is 17.3 Å². The maximum atomic E-state index is 11.8. The van der Waals surface area contributed by atoms with E-state index in [2.05, 4.69) is 21.2 Å². The zero-order valence-corrected chi connectivity index (χ0v) is 10.2. The lowest BCUT2D eigenvalue weighted by Crippen LogP contribution is -2.32. The molecule has 1 aromatic carbocycles. The Morgan fingerprint density at radius 2 is 2.06 bits per heavy atom. The van der Waals surface area contributed by atoms with Gasteiger partial charge in [0.05, 0.1) is 5.56 Å². The largest absolute Gasteiger partial charge is 0.507 e. The summed E-state index contributed by atoms with van der Waals surface area (Å²) in [7, 11) is 0. The summed E-state index contributed by atoms with van der Waals surface area (Å²) in [5.74, 6) is -0.225. The van der Waals surface area contributed by atoms with Crippen LogP contribution < -0.4 is 5.32 Å². The van der Waals surface area contributed by atoms with Gasteiger partial charge in [0, 0.05) is 10.5 Å². The van der Waals surface area contributed by atoms with E-state index in [1.54, 1.807) is 12.1 Å². The smallest absolute Gasteiger partial charge is 0.255 e. The predicted octanol–water partition coefficient (Wildman–Crippen LogP) is 2.60. The van der Waals surface area contributed by atoms with E-state index < -0.39 is 0 Å². The van der Waals surface area contributed by atoms with Gasteiger partial charge >= 0.3 is 0 Å². The zero-order valence-electron chi connectivity index (χ0n) is 8.61. The summed E-state index contributed by atoms with van der Waals surface area (Å²) in [4.78, 5) is 11.8. The van der Waals surface area contributed by atoms with Gasteiger partial charge in [0.25, 0.3) is 5.91 Å². The van der Waals surface area contributed by atoms with Gasteiger partial charge in [0.1, 0.15) is 5.75 Å². The molecule has 0 atom stereocenters. The number of phenols is 1. The summed E-state index contributed by atoms with van der Waals surface area (Å²) < 4.78 is 0.754. The standard InChI is InChI=1S/C12H12BrNO2/c13-8-5-6-10(11(15)7-8)12(16)14-9-3-1-2-4-9/h1-2,5-7,9,15H,3-4H2,(H,14,16). The van der Waals surface area contributed by atoms with Gasteiger partial charge in [-0.05, 0) is 31.0 Å². The maximum Gasteiger partial charge on any atom is 0.255 e. The van der Waals surface area contributed by atoms with Crippen LogP contribution in [0.2, 0.25) is 0 Å². The molecule has 1 amide bonds. The highest BCUT2D eigenvalue weighted by Gasteiger charge is 2.16. The van der Waals surface area contributed by atoms with E-state index in [-0.39, 0.29) is 17.7 Å². The van der Waals surface area contributed by atoms with Crippen LogP contribution in [0.5, 0.6) is 5.75 Å². The van der Waals surface area contributed by atoms with Crippen LogP contribution >= 0.6 is 15.9 Å². The van der Waals surface area contributed by atoms with Gasteiger partial charge in [0.15, 0.2) is 0 Å². The molecule has 0 unspecified atom stereocenters. The van der Waals surface area contributed by atoms with Gasteiger partial charge in [-0.3, -0.25) is 4.79 Å². The molecule has 0 saturated heterocycles. The van der Waals surface area contributed by atoms with Crippen molar-refractivity contribution < 1.29 is 9.90 Å². The van der Waals surface area contributed by atoms with E-state index in [4.69, 9.17) is 0 Å². The molecule has 0 bridgehead atoms. The van der Waals surface area contributed by atoms with Crippen LogP contribution in [0.25, 0.3) is 0 Å². The molecule has 1 aromatic rings. The highest BCUT2D eigenvalue weighted by molar-refractivity contribution is 9.10. The van der Waals surface area contributed by atoms with Crippen molar-refractivity contribution >= 4 is 21.8 Å². The van der Waals surface area contributed by atoms with Gasteiger partial charge in [-0.2, -0.15) is 0 Å². The third-order valence-electron chi connectivity index (χ3n) is 2.55. The molecule has 1 aliphatic rings. The van der Waals surface area contributed by atoms with Crippen molar-refractivity contribution in [2.45, 2.75) is 18.9 Å². The minimum absolute atomic E-state index is 0.00201. The quantitative estimate of drug-likeness (QED) is 0.819. The van der Waals surface area contributed by atoms with Crippen molar-refractivity contribution in [3.8, 4) is 5.75 Å². The zero-order chi connectivity index (χ0) is 11.5. The van der Waals surface area contributed by atoms with Crippen LogP contribution in [-0.4, -0.2) is 17.1 Å². The number of hydrogen-bond donors (Lipinski definition) is 2. The predicted molar refractivity (Wildman–Crippen MR) is 65.4 cm³/mol. The number of aromatic hydroxyl groups is 1. The Morgan fingerprint density at radius 3 is 2.69 bits per heavy atom. The van der Waals surface area contributed by atoms with E-state index in [1.165, 1.54) is 6.07 Å². The first-order valence-electron chi connectivity index (χ1n) is 5.11. The number of phenolic OH excluding ortho intramolecular Hbond substituents is 1. The first-order chi connectivity index (χ1) is 7.66. The number of carbonyl (C=O) groups is 1. The molecule has 0 fully saturated rings. The van der Waals surface area contributed by atoms with Crippen LogP contribution in [0.15, 0.2) is 34.8 Å². The summed E-state index contributed by atoms with van der Waals surface area (Å²) in [6.45, 7) is 0. The molecule has 16 heavy (non-hydrogen) atoms. The molecule has 1 aliphatic carbocycles. The molecule has 0 spiro atoms. The second-order valence-corrected chi connectivity index (χ2v) is 4.69. The molecular weight excluding hydrogens is 270 g/mol. The third kappa shape index (κ3) is 2.44. The Balaban J connectivity index is 2.08. The molecule has 3 nitrogen and oxygen atoms in total. The Morgan fingerprint density at radius 1 is 1.38 bits per heavy atom. The van der Waals surface area contributed by atoms with Crippen LogP contribution in [-0.2, 0) is 0 Å². The molecule has 0 aliphatic heterocycles. The number of rotatable bonds is 2. The van der Waals surface area contributed by atoms with E-state index in [1.807, 2.05) is 12.2 Å². The van der Waals surface area contributed by atoms with E-state index >= 15 is 0 Å². The number of carbonyl (C=O) groups excluding carboxylic acids is 1. The lowest BCUT2D eigenvalue weighted by molar-refractivity contribution is 0.0936.